The molecule has 160 valence electrons. The first-order valence-corrected chi connectivity index (χ1v) is 9.82. The number of amides is 2. The van der Waals surface area contributed by atoms with E-state index in [2.05, 4.69) is 20.7 Å². The van der Waals surface area contributed by atoms with Gasteiger partial charge in [0.05, 0.1) is 19.6 Å². The fourth-order valence-electron chi connectivity index (χ4n) is 3.49. The Morgan fingerprint density at radius 3 is 2.90 bits per heavy atom. The van der Waals surface area contributed by atoms with Crippen LogP contribution in [0.25, 0.3) is 0 Å². The Labute approximate surface area is 179 Å². The maximum absolute atomic E-state index is 12.4. The molecule has 9 nitrogen and oxygen atoms in total. The van der Waals surface area contributed by atoms with Crippen LogP contribution in [0.2, 0.25) is 0 Å². The molecule has 1 aliphatic rings. The van der Waals surface area contributed by atoms with Gasteiger partial charge in [-0.3, -0.25) is 14.9 Å². The van der Waals surface area contributed by atoms with Crippen molar-refractivity contribution >= 4 is 23.5 Å². The highest BCUT2D eigenvalue weighted by Gasteiger charge is 2.28. The van der Waals surface area contributed by atoms with Gasteiger partial charge in [0.15, 0.2) is 18.1 Å². The van der Waals surface area contributed by atoms with Crippen LogP contribution in [-0.2, 0) is 9.59 Å². The highest BCUT2D eigenvalue weighted by Crippen LogP contribution is 2.35. The lowest BCUT2D eigenvalue weighted by molar-refractivity contribution is -0.118. The lowest BCUT2D eigenvalue weighted by Gasteiger charge is -2.24. The van der Waals surface area contributed by atoms with E-state index >= 15 is 0 Å². The van der Waals surface area contributed by atoms with Gasteiger partial charge >= 0.3 is 0 Å². The van der Waals surface area contributed by atoms with Crippen LogP contribution < -0.4 is 20.1 Å². The molecule has 1 unspecified atom stereocenters. The Morgan fingerprint density at radius 1 is 1.26 bits per heavy atom. The summed E-state index contributed by atoms with van der Waals surface area (Å²) in [6.45, 7) is 3.79. The lowest BCUT2D eigenvalue weighted by Crippen LogP contribution is -2.29. The monoisotopic (exact) mass is 421 g/mol. The van der Waals surface area contributed by atoms with E-state index in [0.29, 0.717) is 17.4 Å². The number of anilines is 2. The second-order valence-electron chi connectivity index (χ2n) is 7.29. The van der Waals surface area contributed by atoms with Crippen molar-refractivity contribution < 1.29 is 19.1 Å². The van der Waals surface area contributed by atoms with Crippen molar-refractivity contribution in [1.29, 1.82) is 0 Å². The van der Waals surface area contributed by atoms with Gasteiger partial charge in [0.25, 0.3) is 5.91 Å². The zero-order valence-electron chi connectivity index (χ0n) is 17.5. The van der Waals surface area contributed by atoms with Crippen LogP contribution in [0, 0.1) is 13.8 Å². The van der Waals surface area contributed by atoms with E-state index in [1.165, 1.54) is 13.4 Å². The number of fused-ring (bicyclic) bond motifs is 1. The third kappa shape index (κ3) is 4.20. The van der Waals surface area contributed by atoms with Gasteiger partial charge in [0, 0.05) is 5.69 Å². The fraction of sp³-hybridized carbons (Fsp3) is 0.273. The predicted octanol–water partition coefficient (Wildman–Crippen LogP) is 2.85. The Kier molecular flexibility index (Phi) is 5.57. The average molecular weight is 421 g/mol. The number of nitrogens with one attached hydrogen (secondary N) is 2. The van der Waals surface area contributed by atoms with Gasteiger partial charge in [-0.05, 0) is 48.7 Å². The zero-order chi connectivity index (χ0) is 22.0. The molecule has 1 atom stereocenters. The molecular weight excluding hydrogens is 398 g/mol. The number of hydrogen-bond acceptors (Lipinski definition) is 6. The zero-order valence-corrected chi connectivity index (χ0v) is 17.5. The number of ether oxygens (including phenoxy) is 2. The number of carbonyl (C=O) groups is 2. The van der Waals surface area contributed by atoms with Crippen LogP contribution >= 0.6 is 0 Å². The molecular formula is C22H23N5O4. The van der Waals surface area contributed by atoms with Crippen molar-refractivity contribution in [2.45, 2.75) is 26.3 Å². The van der Waals surface area contributed by atoms with Gasteiger partial charge in [-0.1, -0.05) is 18.2 Å². The number of rotatable bonds is 6. The van der Waals surface area contributed by atoms with E-state index < -0.39 is 0 Å². The molecule has 3 aromatic rings. The van der Waals surface area contributed by atoms with Crippen molar-refractivity contribution in [3.8, 4) is 11.5 Å². The Hall–Kier alpha value is -3.88. The van der Waals surface area contributed by atoms with E-state index in [1.807, 2.05) is 38.1 Å². The first kappa shape index (κ1) is 20.4. The summed E-state index contributed by atoms with van der Waals surface area (Å²) in [4.78, 5) is 28.4. The Balaban J connectivity index is 1.47. The van der Waals surface area contributed by atoms with Gasteiger partial charge in [-0.2, -0.15) is 10.1 Å². The normalized spacial score (nSPS) is 15.1. The van der Waals surface area contributed by atoms with Crippen molar-refractivity contribution in [1.82, 2.24) is 14.8 Å². The summed E-state index contributed by atoms with van der Waals surface area (Å²) in [5, 5.41) is 9.76. The second-order valence-corrected chi connectivity index (χ2v) is 7.29. The van der Waals surface area contributed by atoms with Crippen molar-refractivity contribution in [3.63, 3.8) is 0 Å². The predicted molar refractivity (Wildman–Crippen MR) is 114 cm³/mol. The molecule has 0 saturated carbocycles. The summed E-state index contributed by atoms with van der Waals surface area (Å²) < 4.78 is 12.8. The van der Waals surface area contributed by atoms with E-state index in [9.17, 15) is 9.59 Å². The summed E-state index contributed by atoms with van der Waals surface area (Å²) in [6, 6.07) is 10.8. The van der Waals surface area contributed by atoms with Gasteiger partial charge in [0.2, 0.25) is 11.9 Å². The summed E-state index contributed by atoms with van der Waals surface area (Å²) in [5.74, 6) is 0.902. The third-order valence-corrected chi connectivity index (χ3v) is 5.31. The summed E-state index contributed by atoms with van der Waals surface area (Å²) >= 11 is 0. The topological polar surface area (TPSA) is 107 Å². The number of methoxy groups -OCH3 is 1. The molecule has 0 radical (unpaired) electrons. The molecule has 1 aliphatic heterocycles. The first-order chi connectivity index (χ1) is 15.0. The maximum Gasteiger partial charge on any atom is 0.262 e. The van der Waals surface area contributed by atoms with Gasteiger partial charge in [0.1, 0.15) is 6.33 Å². The molecule has 0 aliphatic carbocycles. The van der Waals surface area contributed by atoms with E-state index in [4.69, 9.17) is 9.47 Å². The van der Waals surface area contributed by atoms with Gasteiger partial charge in [-0.15, -0.1) is 0 Å². The maximum atomic E-state index is 12.4. The molecule has 0 bridgehead atoms. The standard InChI is InChI=1S/C22H23N5O4/c1-13-5-4-6-16(14(13)2)25-21(29)11-31-18-8-7-15(9-19(18)30-3)17-10-20(28)26-22-23-12-24-27(17)22/h4-9,12,17H,10-11H2,1-3H3,(H,25,29)(H,23,24,26,28). The molecule has 1 aromatic heterocycles. The molecule has 2 amide bonds. The van der Waals surface area contributed by atoms with Gasteiger partial charge in [-0.25, -0.2) is 4.68 Å². The van der Waals surface area contributed by atoms with E-state index in [1.54, 1.807) is 16.8 Å². The smallest absolute Gasteiger partial charge is 0.262 e. The van der Waals surface area contributed by atoms with Crippen LogP contribution in [-0.4, -0.2) is 40.3 Å². The Bertz CT molecular complexity index is 1140. The molecule has 9 heteroatoms. The van der Waals surface area contributed by atoms with Crippen molar-refractivity contribution in [3.05, 3.63) is 59.4 Å². The molecule has 2 heterocycles. The SMILES string of the molecule is COc1cc(C2CC(=O)Nc3ncnn32)ccc1OCC(=O)Nc1cccc(C)c1C. The van der Waals surface area contributed by atoms with Crippen LogP contribution in [0.4, 0.5) is 11.6 Å². The number of aromatic nitrogens is 3. The second kappa shape index (κ2) is 8.47. The molecule has 0 saturated heterocycles. The minimum atomic E-state index is -0.304. The number of hydrogen-bond donors (Lipinski definition) is 2. The van der Waals surface area contributed by atoms with Crippen LogP contribution in [0.3, 0.4) is 0 Å². The molecule has 2 N–H and O–H groups in total. The minimum Gasteiger partial charge on any atom is -0.493 e. The molecule has 4 rings (SSSR count). The number of carbonyl (C=O) groups excluding carboxylic acids is 2. The quantitative estimate of drug-likeness (QED) is 0.634. The van der Waals surface area contributed by atoms with Crippen molar-refractivity contribution in [2.24, 2.45) is 0 Å². The molecule has 0 spiro atoms. The Morgan fingerprint density at radius 2 is 2.10 bits per heavy atom. The van der Waals surface area contributed by atoms with E-state index in [0.717, 1.165) is 22.4 Å². The highest BCUT2D eigenvalue weighted by molar-refractivity contribution is 5.93. The molecule has 31 heavy (non-hydrogen) atoms. The number of benzene rings is 2. The first-order valence-electron chi connectivity index (χ1n) is 9.82. The van der Waals surface area contributed by atoms with E-state index in [-0.39, 0.29) is 30.9 Å². The third-order valence-electron chi connectivity index (χ3n) is 5.31. The van der Waals surface area contributed by atoms with Gasteiger partial charge < -0.3 is 14.8 Å². The van der Waals surface area contributed by atoms with Crippen LogP contribution in [0.1, 0.15) is 29.2 Å². The summed E-state index contributed by atoms with van der Waals surface area (Å²) in [6.07, 6.45) is 1.63. The number of aryl methyl sites for hydroxylation is 1. The van der Waals surface area contributed by atoms with Crippen LogP contribution in [0.5, 0.6) is 11.5 Å². The highest BCUT2D eigenvalue weighted by atomic mass is 16.5. The largest absolute Gasteiger partial charge is 0.493 e. The molecule has 2 aromatic carbocycles. The number of nitrogens with zero attached hydrogens (tertiary/aromatic N) is 3. The van der Waals surface area contributed by atoms with Crippen molar-refractivity contribution in [2.75, 3.05) is 24.4 Å². The summed E-state index contributed by atoms with van der Waals surface area (Å²) in [5.41, 5.74) is 3.70. The molecule has 0 fully saturated rings. The van der Waals surface area contributed by atoms with Crippen LogP contribution in [0.15, 0.2) is 42.7 Å². The minimum absolute atomic E-state index is 0.132. The fourth-order valence-corrected chi connectivity index (χ4v) is 3.49. The lowest BCUT2D eigenvalue weighted by atomic mass is 10.0. The average Bonchev–Trinajstić information content (AvgIpc) is 3.23. The summed E-state index contributed by atoms with van der Waals surface area (Å²) in [7, 11) is 1.52.